The summed E-state index contributed by atoms with van der Waals surface area (Å²) in [6.45, 7) is 4.68. The number of aromatic nitrogens is 1. The molecule has 3 aliphatic rings. The van der Waals surface area contributed by atoms with Crippen molar-refractivity contribution in [2.24, 2.45) is 10.2 Å². The van der Waals surface area contributed by atoms with Gasteiger partial charge >= 0.3 is 0 Å². The second kappa shape index (κ2) is 10.8. The van der Waals surface area contributed by atoms with E-state index in [-0.39, 0.29) is 12.1 Å². The number of hydrogen-bond donors (Lipinski definition) is 0. The molecule has 0 N–H and O–H groups in total. The first kappa shape index (κ1) is 24.5. The fourth-order valence-corrected chi connectivity index (χ4v) is 6.26. The van der Waals surface area contributed by atoms with Crippen molar-refractivity contribution in [3.8, 4) is 0 Å². The molecule has 1 atom stereocenters. The van der Waals surface area contributed by atoms with Crippen molar-refractivity contribution in [1.82, 2.24) is 14.2 Å². The SMILES string of the molecule is C=S(N1CCN(C2CCC2)CC1)N(Cc1ccc(C2=NN=C(C(F)F)C2)cn1)c1cccc(Cl)c1. The van der Waals surface area contributed by atoms with Crippen LogP contribution >= 0.6 is 22.5 Å². The highest BCUT2D eigenvalue weighted by molar-refractivity contribution is 8.13. The predicted octanol–water partition coefficient (Wildman–Crippen LogP) is 5.26. The van der Waals surface area contributed by atoms with Crippen molar-refractivity contribution in [2.45, 2.75) is 44.7 Å². The minimum absolute atomic E-state index is 0.0580. The van der Waals surface area contributed by atoms with Gasteiger partial charge in [0.1, 0.15) is 5.71 Å². The van der Waals surface area contributed by atoms with E-state index in [4.69, 9.17) is 11.6 Å². The van der Waals surface area contributed by atoms with E-state index in [1.165, 1.54) is 19.3 Å². The van der Waals surface area contributed by atoms with Crippen LogP contribution in [0.1, 0.15) is 36.9 Å². The van der Waals surface area contributed by atoms with Gasteiger partial charge in [-0.05, 0) is 59.9 Å². The molecule has 6 nitrogen and oxygen atoms in total. The number of pyridine rings is 1. The Morgan fingerprint density at radius 2 is 1.91 bits per heavy atom. The zero-order chi connectivity index (χ0) is 24.4. The number of alkyl halides is 2. The van der Waals surface area contributed by atoms with Crippen LogP contribution in [0.3, 0.4) is 0 Å². The summed E-state index contributed by atoms with van der Waals surface area (Å²) in [7, 11) is -0.418. The molecule has 2 fully saturated rings. The summed E-state index contributed by atoms with van der Waals surface area (Å²) in [5.74, 6) is 4.56. The maximum atomic E-state index is 12.9. The first-order chi connectivity index (χ1) is 17.0. The maximum Gasteiger partial charge on any atom is 0.278 e. The summed E-state index contributed by atoms with van der Waals surface area (Å²) in [5, 5.41) is 8.19. The van der Waals surface area contributed by atoms with Gasteiger partial charge in [-0.25, -0.2) is 13.1 Å². The number of nitrogens with zero attached hydrogens (tertiary/aromatic N) is 6. The van der Waals surface area contributed by atoms with Gasteiger partial charge in [-0.2, -0.15) is 10.2 Å². The zero-order valence-corrected chi connectivity index (χ0v) is 21.1. The Morgan fingerprint density at radius 3 is 2.51 bits per heavy atom. The zero-order valence-electron chi connectivity index (χ0n) is 19.5. The van der Waals surface area contributed by atoms with E-state index in [2.05, 4.69) is 34.6 Å². The first-order valence-electron chi connectivity index (χ1n) is 11.9. The van der Waals surface area contributed by atoms with Crippen LogP contribution in [0.5, 0.6) is 0 Å². The molecule has 5 rings (SSSR count). The van der Waals surface area contributed by atoms with Crippen LogP contribution < -0.4 is 4.31 Å². The van der Waals surface area contributed by atoms with Gasteiger partial charge in [0, 0.05) is 61.1 Å². The monoisotopic (exact) mass is 518 g/mol. The third-order valence-corrected chi connectivity index (χ3v) is 8.92. The van der Waals surface area contributed by atoms with Gasteiger partial charge in [0.25, 0.3) is 6.43 Å². The second-order valence-corrected chi connectivity index (χ2v) is 11.1. The number of hydrogen-bond acceptors (Lipinski definition) is 6. The van der Waals surface area contributed by atoms with Crippen molar-refractivity contribution < 1.29 is 8.78 Å². The molecule has 1 aromatic heterocycles. The normalized spacial score (nSPS) is 20.5. The van der Waals surface area contributed by atoms with Crippen LogP contribution in [0, 0.1) is 0 Å². The highest BCUT2D eigenvalue weighted by atomic mass is 35.5. The lowest BCUT2D eigenvalue weighted by Gasteiger charge is -2.45. The lowest BCUT2D eigenvalue weighted by Crippen LogP contribution is -2.51. The molecule has 0 bridgehead atoms. The van der Waals surface area contributed by atoms with Crippen LogP contribution in [0.25, 0.3) is 0 Å². The molecule has 186 valence electrons. The van der Waals surface area contributed by atoms with Crippen LogP contribution in [-0.2, 0) is 6.54 Å². The molecule has 10 heteroatoms. The van der Waals surface area contributed by atoms with Gasteiger partial charge in [-0.15, -0.1) is 0 Å². The molecular formula is C25H29ClF2N6S. The fraction of sp³-hybridized carbons (Fsp3) is 0.440. The molecule has 2 aromatic rings. The average Bonchev–Trinajstić information content (AvgIpc) is 3.33. The van der Waals surface area contributed by atoms with E-state index in [0.29, 0.717) is 22.8 Å². The molecule has 1 unspecified atom stereocenters. The van der Waals surface area contributed by atoms with E-state index in [9.17, 15) is 8.78 Å². The third kappa shape index (κ3) is 5.63. The van der Waals surface area contributed by atoms with E-state index >= 15 is 0 Å². The summed E-state index contributed by atoms with van der Waals surface area (Å²) in [4.78, 5) is 7.24. The van der Waals surface area contributed by atoms with E-state index in [1.54, 1.807) is 6.20 Å². The van der Waals surface area contributed by atoms with Gasteiger partial charge < -0.3 is 4.31 Å². The Bertz CT molecular complexity index is 1130. The molecule has 0 amide bonds. The Morgan fingerprint density at radius 1 is 1.11 bits per heavy atom. The molecule has 3 heterocycles. The fourth-order valence-electron chi connectivity index (χ4n) is 4.57. The average molecular weight is 519 g/mol. The first-order valence-corrected chi connectivity index (χ1v) is 13.6. The van der Waals surface area contributed by atoms with E-state index < -0.39 is 17.3 Å². The van der Waals surface area contributed by atoms with Crippen LogP contribution in [0.2, 0.25) is 5.02 Å². The Labute approximate surface area is 212 Å². The number of halogens is 3. The summed E-state index contributed by atoms with van der Waals surface area (Å²) < 4.78 is 30.5. The predicted molar refractivity (Wildman–Crippen MR) is 142 cm³/mol. The molecule has 1 aliphatic carbocycles. The largest absolute Gasteiger partial charge is 0.304 e. The second-order valence-electron chi connectivity index (χ2n) is 9.06. The number of rotatable bonds is 8. The van der Waals surface area contributed by atoms with Gasteiger partial charge in [0.2, 0.25) is 0 Å². The minimum Gasteiger partial charge on any atom is -0.304 e. The molecule has 1 aromatic carbocycles. The number of anilines is 1. The molecule has 0 spiro atoms. The lowest BCUT2D eigenvalue weighted by molar-refractivity contribution is 0.0917. The summed E-state index contributed by atoms with van der Waals surface area (Å²) in [5.41, 5.74) is 2.89. The Kier molecular flexibility index (Phi) is 7.57. The van der Waals surface area contributed by atoms with Gasteiger partial charge in [0.15, 0.2) is 0 Å². The van der Waals surface area contributed by atoms with Crippen molar-refractivity contribution in [3.63, 3.8) is 0 Å². The highest BCUT2D eigenvalue weighted by Crippen LogP contribution is 2.35. The molecule has 35 heavy (non-hydrogen) atoms. The van der Waals surface area contributed by atoms with Crippen LogP contribution in [-0.4, -0.2) is 70.1 Å². The topological polar surface area (TPSA) is 47.3 Å². The van der Waals surface area contributed by atoms with Gasteiger partial charge in [0.05, 0.1) is 18.0 Å². The third-order valence-electron chi connectivity index (χ3n) is 6.88. The summed E-state index contributed by atoms with van der Waals surface area (Å²) >= 11 is 6.33. The maximum absolute atomic E-state index is 12.9. The van der Waals surface area contributed by atoms with Crippen molar-refractivity contribution >= 4 is 45.4 Å². The summed E-state index contributed by atoms with van der Waals surface area (Å²) in [6.07, 6.45) is 3.17. The minimum atomic E-state index is -2.58. The Balaban J connectivity index is 1.29. The molecule has 1 saturated heterocycles. The van der Waals surface area contributed by atoms with E-state index in [0.717, 1.165) is 43.6 Å². The van der Waals surface area contributed by atoms with Gasteiger partial charge in [-0.1, -0.05) is 24.1 Å². The number of piperazine rings is 1. The number of benzene rings is 1. The standard InChI is InChI=1S/C25H29ClF2N6S/c1-35(33-12-10-32(11-13-33)21-5-3-6-21)34(22-7-2-4-19(26)14-22)17-20-9-8-18(16-29-20)23-15-24(25(27)28)31-30-23/h2,4,7-9,14,16,21,25H,1,3,5-6,10-13,15,17H2. The lowest BCUT2D eigenvalue weighted by atomic mass is 9.91. The van der Waals surface area contributed by atoms with E-state index in [1.807, 2.05) is 36.4 Å². The Hall–Kier alpha value is -2.20. The van der Waals surface area contributed by atoms with Crippen molar-refractivity contribution in [2.75, 3.05) is 30.5 Å². The quantitative estimate of drug-likeness (QED) is 0.447. The van der Waals surface area contributed by atoms with Crippen molar-refractivity contribution in [3.05, 3.63) is 58.9 Å². The van der Waals surface area contributed by atoms with Crippen LogP contribution in [0.15, 0.2) is 52.8 Å². The van der Waals surface area contributed by atoms with Crippen LogP contribution in [0.4, 0.5) is 14.5 Å². The highest BCUT2D eigenvalue weighted by Gasteiger charge is 2.29. The smallest absolute Gasteiger partial charge is 0.278 e. The van der Waals surface area contributed by atoms with Gasteiger partial charge in [-0.3, -0.25) is 9.88 Å². The summed E-state index contributed by atoms with van der Waals surface area (Å²) in [6, 6.07) is 12.4. The van der Waals surface area contributed by atoms with Crippen molar-refractivity contribution in [1.29, 1.82) is 0 Å². The molecule has 1 saturated carbocycles. The molecular weight excluding hydrogens is 490 g/mol. The molecule has 0 radical (unpaired) electrons. The molecule has 2 aliphatic heterocycles.